The molecule has 3 N–H and O–H groups in total. The van der Waals surface area contributed by atoms with Gasteiger partial charge in [0, 0.05) is 12.1 Å². The van der Waals surface area contributed by atoms with Gasteiger partial charge in [-0.3, -0.25) is 14.9 Å². The van der Waals surface area contributed by atoms with Crippen molar-refractivity contribution in [2.24, 2.45) is 0 Å². The highest BCUT2D eigenvalue weighted by Gasteiger charge is 2.50. The molecule has 35 heavy (non-hydrogen) atoms. The lowest BCUT2D eigenvalue weighted by Crippen LogP contribution is -2.52. The molecule has 1 fully saturated rings. The van der Waals surface area contributed by atoms with Gasteiger partial charge in [0.25, 0.3) is 11.8 Å². The highest BCUT2D eigenvalue weighted by atomic mass is 16.5. The monoisotopic (exact) mass is 469 g/mol. The molecule has 1 saturated heterocycles. The Morgan fingerprint density at radius 3 is 2.29 bits per heavy atom. The molecule has 0 bridgehead atoms. The summed E-state index contributed by atoms with van der Waals surface area (Å²) in [5.41, 5.74) is 2.19. The first kappa shape index (κ1) is 22.2. The fourth-order valence-corrected chi connectivity index (χ4v) is 4.52. The fourth-order valence-electron chi connectivity index (χ4n) is 4.52. The Labute approximate surface area is 201 Å². The predicted octanol–water partition coefficient (Wildman–Crippen LogP) is 3.66. The van der Waals surface area contributed by atoms with Crippen LogP contribution in [0.5, 0.6) is 11.5 Å². The van der Waals surface area contributed by atoms with Crippen molar-refractivity contribution in [3.05, 3.63) is 95.8 Å². The molecule has 0 unspecified atom stereocenters. The van der Waals surface area contributed by atoms with Crippen LogP contribution in [-0.2, 0) is 16.9 Å². The second-order valence-electron chi connectivity index (χ2n) is 8.72. The summed E-state index contributed by atoms with van der Waals surface area (Å²) in [5.74, 6) is 0.422. The number of imide groups is 1. The number of aromatic hydroxyl groups is 1. The van der Waals surface area contributed by atoms with Crippen molar-refractivity contribution >= 4 is 17.8 Å². The molecule has 1 atom stereocenters. The smallest absolute Gasteiger partial charge is 0.322 e. The van der Waals surface area contributed by atoms with Crippen molar-refractivity contribution in [2.75, 3.05) is 6.54 Å². The summed E-state index contributed by atoms with van der Waals surface area (Å²) >= 11 is 0. The number of nitrogens with zero attached hydrogens (tertiary/aromatic N) is 1. The third-order valence-corrected chi connectivity index (χ3v) is 6.20. The SMILES string of the molecule is C=C(C)Oc1ccc2c(c1)C(=O)N(C[C@@]1(c3ccc(-c4ccc(O)cc4)cc3)NC(=O)NC1=O)C2. The maximum absolute atomic E-state index is 13.2. The number of benzene rings is 3. The molecular weight excluding hydrogens is 446 g/mol. The second kappa shape index (κ2) is 8.32. The maximum Gasteiger partial charge on any atom is 0.322 e. The van der Waals surface area contributed by atoms with Crippen molar-refractivity contribution in [1.82, 2.24) is 15.5 Å². The van der Waals surface area contributed by atoms with E-state index in [1.54, 1.807) is 60.4 Å². The Morgan fingerprint density at radius 2 is 1.69 bits per heavy atom. The molecule has 2 heterocycles. The number of hydrogen-bond donors (Lipinski definition) is 3. The molecule has 0 spiro atoms. The quantitative estimate of drug-likeness (QED) is 0.377. The summed E-state index contributed by atoms with van der Waals surface area (Å²) in [6.07, 6.45) is 0. The third kappa shape index (κ3) is 3.99. The molecule has 0 aromatic heterocycles. The number of amides is 4. The summed E-state index contributed by atoms with van der Waals surface area (Å²) in [5, 5.41) is 14.6. The van der Waals surface area contributed by atoms with Crippen LogP contribution in [0.1, 0.15) is 28.4 Å². The van der Waals surface area contributed by atoms with Gasteiger partial charge < -0.3 is 20.1 Å². The Hall–Kier alpha value is -4.59. The molecule has 2 aliphatic rings. The average molecular weight is 469 g/mol. The average Bonchev–Trinajstić information content (AvgIpc) is 3.29. The summed E-state index contributed by atoms with van der Waals surface area (Å²) in [7, 11) is 0. The number of rotatable bonds is 6. The summed E-state index contributed by atoms with van der Waals surface area (Å²) in [4.78, 5) is 40.0. The minimum atomic E-state index is -1.43. The highest BCUT2D eigenvalue weighted by molar-refractivity contribution is 6.08. The van der Waals surface area contributed by atoms with Gasteiger partial charge in [0.1, 0.15) is 11.5 Å². The first-order valence-corrected chi connectivity index (χ1v) is 11.0. The van der Waals surface area contributed by atoms with E-state index >= 15 is 0 Å². The zero-order chi connectivity index (χ0) is 24.7. The zero-order valence-corrected chi connectivity index (χ0v) is 19.0. The van der Waals surface area contributed by atoms with Gasteiger partial charge in [0.05, 0.1) is 12.3 Å². The Bertz CT molecular complexity index is 1360. The number of phenols is 1. The van der Waals surface area contributed by atoms with Crippen molar-refractivity contribution < 1.29 is 24.2 Å². The first-order chi connectivity index (χ1) is 16.7. The number of allylic oxidation sites excluding steroid dienone is 1. The van der Waals surface area contributed by atoms with Crippen molar-refractivity contribution in [3.8, 4) is 22.6 Å². The van der Waals surface area contributed by atoms with Crippen LogP contribution in [0.3, 0.4) is 0 Å². The van der Waals surface area contributed by atoms with E-state index in [0.717, 1.165) is 16.7 Å². The van der Waals surface area contributed by atoms with Crippen LogP contribution < -0.4 is 15.4 Å². The van der Waals surface area contributed by atoms with E-state index in [9.17, 15) is 19.5 Å². The molecule has 8 nitrogen and oxygen atoms in total. The minimum Gasteiger partial charge on any atom is -0.508 e. The van der Waals surface area contributed by atoms with E-state index in [0.29, 0.717) is 29.2 Å². The van der Waals surface area contributed by atoms with Crippen LogP contribution >= 0.6 is 0 Å². The minimum absolute atomic E-state index is 0.0344. The number of hydrogen-bond acceptors (Lipinski definition) is 5. The number of carbonyl (C=O) groups excluding carboxylic acids is 3. The molecule has 2 aliphatic heterocycles. The summed E-state index contributed by atoms with van der Waals surface area (Å²) < 4.78 is 5.53. The topological polar surface area (TPSA) is 108 Å². The van der Waals surface area contributed by atoms with Crippen LogP contribution in [0, 0.1) is 0 Å². The molecule has 3 aromatic rings. The lowest BCUT2D eigenvalue weighted by Gasteiger charge is -2.31. The maximum atomic E-state index is 13.2. The molecular formula is C27H23N3O5. The lowest BCUT2D eigenvalue weighted by atomic mass is 9.88. The number of phenolic OH excluding ortho intramolecular Hbond substituents is 1. The number of ether oxygens (including phenoxy) is 1. The van der Waals surface area contributed by atoms with E-state index < -0.39 is 17.5 Å². The Kier molecular flexibility index (Phi) is 5.28. The van der Waals surface area contributed by atoms with Crippen LogP contribution in [0.15, 0.2) is 79.1 Å². The molecule has 8 heteroatoms. The van der Waals surface area contributed by atoms with E-state index in [2.05, 4.69) is 17.2 Å². The Morgan fingerprint density at radius 1 is 1.03 bits per heavy atom. The predicted molar refractivity (Wildman–Crippen MR) is 129 cm³/mol. The van der Waals surface area contributed by atoms with Gasteiger partial charge in [-0.15, -0.1) is 0 Å². The molecule has 0 saturated carbocycles. The van der Waals surface area contributed by atoms with E-state index in [-0.39, 0.29) is 18.2 Å². The van der Waals surface area contributed by atoms with Gasteiger partial charge in [-0.2, -0.15) is 0 Å². The van der Waals surface area contributed by atoms with Gasteiger partial charge in [-0.25, -0.2) is 4.79 Å². The van der Waals surface area contributed by atoms with Crippen LogP contribution in [0.25, 0.3) is 11.1 Å². The van der Waals surface area contributed by atoms with E-state index in [1.807, 2.05) is 18.2 Å². The van der Waals surface area contributed by atoms with E-state index in [4.69, 9.17) is 4.74 Å². The Balaban J connectivity index is 1.45. The molecule has 4 amide bonds. The number of carbonyl (C=O) groups is 3. The van der Waals surface area contributed by atoms with E-state index in [1.165, 1.54) is 0 Å². The first-order valence-electron chi connectivity index (χ1n) is 11.0. The normalized spacial score (nSPS) is 18.8. The molecule has 176 valence electrons. The molecule has 0 aliphatic carbocycles. The van der Waals surface area contributed by atoms with Gasteiger partial charge in [-0.05, 0) is 53.4 Å². The lowest BCUT2D eigenvalue weighted by molar-refractivity contribution is -0.124. The van der Waals surface area contributed by atoms with Gasteiger partial charge in [0.15, 0.2) is 5.54 Å². The van der Waals surface area contributed by atoms with Crippen molar-refractivity contribution in [3.63, 3.8) is 0 Å². The number of nitrogens with one attached hydrogen (secondary N) is 2. The highest BCUT2D eigenvalue weighted by Crippen LogP contribution is 2.34. The van der Waals surface area contributed by atoms with Crippen LogP contribution in [-0.4, -0.2) is 34.4 Å². The standard InChI is InChI=1S/C27H23N3O5/c1-16(2)35-22-12-7-19-14-30(24(32)23(19)13-22)15-27(25(33)28-26(34)29-27)20-8-3-17(4-9-20)18-5-10-21(31)11-6-18/h3-13,31H,1,14-15H2,2H3,(H2,28,29,33,34)/t27-/m0/s1. The van der Waals surface area contributed by atoms with Gasteiger partial charge >= 0.3 is 6.03 Å². The summed E-state index contributed by atoms with van der Waals surface area (Å²) in [6.45, 7) is 5.71. The zero-order valence-electron chi connectivity index (χ0n) is 19.0. The van der Waals surface area contributed by atoms with Crippen LogP contribution in [0.2, 0.25) is 0 Å². The number of fused-ring (bicyclic) bond motifs is 1. The second-order valence-corrected chi connectivity index (χ2v) is 8.72. The molecule has 0 radical (unpaired) electrons. The fraction of sp³-hybridized carbons (Fsp3) is 0.148. The third-order valence-electron chi connectivity index (χ3n) is 6.20. The number of urea groups is 1. The van der Waals surface area contributed by atoms with Crippen LogP contribution in [0.4, 0.5) is 4.79 Å². The molecule has 5 rings (SSSR count). The van der Waals surface area contributed by atoms with Crippen molar-refractivity contribution in [2.45, 2.75) is 19.0 Å². The van der Waals surface area contributed by atoms with Gasteiger partial charge in [-0.1, -0.05) is 49.0 Å². The molecule has 3 aromatic carbocycles. The van der Waals surface area contributed by atoms with Crippen molar-refractivity contribution in [1.29, 1.82) is 0 Å². The van der Waals surface area contributed by atoms with Gasteiger partial charge in [0.2, 0.25) is 0 Å². The largest absolute Gasteiger partial charge is 0.508 e. The summed E-state index contributed by atoms with van der Waals surface area (Å²) in [6, 6.07) is 18.6.